The highest BCUT2D eigenvalue weighted by Gasteiger charge is 2.20. The Morgan fingerprint density at radius 3 is 2.38 bits per heavy atom. The zero-order chi connectivity index (χ0) is 18.5. The summed E-state index contributed by atoms with van der Waals surface area (Å²) in [4.78, 5) is 23.3. The van der Waals surface area contributed by atoms with E-state index in [-0.39, 0.29) is 17.5 Å². The number of nitrogens with one attached hydrogen (secondary N) is 3. The van der Waals surface area contributed by atoms with Crippen molar-refractivity contribution in [2.45, 2.75) is 31.7 Å². The summed E-state index contributed by atoms with van der Waals surface area (Å²) in [6.07, 6.45) is 0. The SMILES string of the molecule is Cc1ccc(NCC(=O)NC(=O)NC(C)C)cc1S(=O)(=O)N(C)C. The Bertz CT molecular complexity index is 714. The number of benzene rings is 1. The van der Waals surface area contributed by atoms with E-state index in [9.17, 15) is 18.0 Å². The largest absolute Gasteiger partial charge is 0.376 e. The molecule has 0 atom stereocenters. The number of carbonyl (C=O) groups excluding carboxylic acids is 2. The Kier molecular flexibility index (Phi) is 6.73. The Hall–Kier alpha value is -2.13. The van der Waals surface area contributed by atoms with Gasteiger partial charge in [-0.1, -0.05) is 6.07 Å². The van der Waals surface area contributed by atoms with Crippen LogP contribution in [0.25, 0.3) is 0 Å². The van der Waals surface area contributed by atoms with Crippen LogP contribution in [0, 0.1) is 6.92 Å². The minimum absolute atomic E-state index is 0.0818. The molecule has 1 aromatic rings. The van der Waals surface area contributed by atoms with Gasteiger partial charge in [-0.15, -0.1) is 0 Å². The number of rotatable bonds is 6. The zero-order valence-corrected chi connectivity index (χ0v) is 15.3. The second-order valence-electron chi connectivity index (χ2n) is 5.80. The van der Waals surface area contributed by atoms with Crippen LogP contribution in [0.15, 0.2) is 23.1 Å². The molecule has 1 aromatic carbocycles. The van der Waals surface area contributed by atoms with Crippen LogP contribution >= 0.6 is 0 Å². The van der Waals surface area contributed by atoms with E-state index in [1.807, 2.05) is 0 Å². The highest BCUT2D eigenvalue weighted by atomic mass is 32.2. The molecule has 9 heteroatoms. The van der Waals surface area contributed by atoms with E-state index < -0.39 is 22.0 Å². The number of aryl methyl sites for hydroxylation is 1. The number of hydrogen-bond donors (Lipinski definition) is 3. The lowest BCUT2D eigenvalue weighted by Crippen LogP contribution is -2.44. The van der Waals surface area contributed by atoms with Gasteiger partial charge in [0, 0.05) is 25.8 Å². The molecule has 0 aliphatic rings. The van der Waals surface area contributed by atoms with Crippen LogP contribution in [-0.2, 0) is 14.8 Å². The minimum atomic E-state index is -3.57. The molecule has 8 nitrogen and oxygen atoms in total. The lowest BCUT2D eigenvalue weighted by atomic mass is 10.2. The fraction of sp³-hybridized carbons (Fsp3) is 0.467. The number of anilines is 1. The van der Waals surface area contributed by atoms with Crippen molar-refractivity contribution in [3.05, 3.63) is 23.8 Å². The number of hydrogen-bond acceptors (Lipinski definition) is 5. The Morgan fingerprint density at radius 1 is 1.21 bits per heavy atom. The van der Waals surface area contributed by atoms with Gasteiger partial charge in [-0.2, -0.15) is 0 Å². The highest BCUT2D eigenvalue weighted by Crippen LogP contribution is 2.22. The first-order chi connectivity index (χ1) is 11.0. The molecule has 0 unspecified atom stereocenters. The zero-order valence-electron chi connectivity index (χ0n) is 14.5. The van der Waals surface area contributed by atoms with E-state index in [0.29, 0.717) is 11.3 Å². The van der Waals surface area contributed by atoms with E-state index in [1.54, 1.807) is 32.9 Å². The molecule has 0 bridgehead atoms. The molecule has 1 rings (SSSR count). The summed E-state index contributed by atoms with van der Waals surface area (Å²) >= 11 is 0. The van der Waals surface area contributed by atoms with Gasteiger partial charge < -0.3 is 10.6 Å². The summed E-state index contributed by atoms with van der Waals surface area (Å²) in [5.74, 6) is -0.522. The van der Waals surface area contributed by atoms with Gasteiger partial charge in [0.2, 0.25) is 15.9 Å². The standard InChI is InChI=1S/C15H24N4O4S/c1-10(2)17-15(21)18-14(20)9-16-12-7-6-11(3)13(8-12)24(22,23)19(4)5/h6-8,10,16H,9H2,1-5H3,(H2,17,18,20,21). The normalized spacial score (nSPS) is 11.5. The Balaban J connectivity index is 2.77. The maximum absolute atomic E-state index is 12.3. The smallest absolute Gasteiger partial charge is 0.321 e. The molecule has 0 spiro atoms. The van der Waals surface area contributed by atoms with Crippen LogP contribution in [0.4, 0.5) is 10.5 Å². The summed E-state index contributed by atoms with van der Waals surface area (Å²) in [6.45, 7) is 5.10. The molecule has 0 saturated heterocycles. The van der Waals surface area contributed by atoms with Gasteiger partial charge in [-0.25, -0.2) is 17.5 Å². The van der Waals surface area contributed by atoms with Crippen LogP contribution in [0.3, 0.4) is 0 Å². The molecule has 0 aliphatic heterocycles. The third-order valence-corrected chi connectivity index (χ3v) is 5.03. The van der Waals surface area contributed by atoms with Crippen LogP contribution in [0.5, 0.6) is 0 Å². The van der Waals surface area contributed by atoms with Crippen molar-refractivity contribution in [3.63, 3.8) is 0 Å². The average molecular weight is 356 g/mol. The minimum Gasteiger partial charge on any atom is -0.376 e. The monoisotopic (exact) mass is 356 g/mol. The molecule has 0 radical (unpaired) electrons. The Morgan fingerprint density at radius 2 is 1.83 bits per heavy atom. The second kappa shape index (κ2) is 8.11. The van der Waals surface area contributed by atoms with Crippen molar-refractivity contribution < 1.29 is 18.0 Å². The summed E-state index contributed by atoms with van der Waals surface area (Å²) in [5.41, 5.74) is 1.08. The van der Waals surface area contributed by atoms with Crippen LogP contribution in [-0.4, -0.2) is 51.3 Å². The van der Waals surface area contributed by atoms with Gasteiger partial charge in [-0.05, 0) is 38.5 Å². The van der Waals surface area contributed by atoms with Gasteiger partial charge in [-0.3, -0.25) is 10.1 Å². The average Bonchev–Trinajstić information content (AvgIpc) is 2.44. The first-order valence-corrected chi connectivity index (χ1v) is 8.85. The summed E-state index contributed by atoms with van der Waals surface area (Å²) in [6, 6.07) is 4.14. The van der Waals surface area contributed by atoms with Crippen molar-refractivity contribution in [3.8, 4) is 0 Å². The molecule has 0 heterocycles. The topological polar surface area (TPSA) is 108 Å². The molecule has 24 heavy (non-hydrogen) atoms. The summed E-state index contributed by atoms with van der Waals surface area (Å²) in [7, 11) is -0.664. The lowest BCUT2D eigenvalue weighted by Gasteiger charge is -2.15. The van der Waals surface area contributed by atoms with Crippen molar-refractivity contribution in [1.82, 2.24) is 14.9 Å². The van der Waals surface area contributed by atoms with E-state index in [4.69, 9.17) is 0 Å². The first-order valence-electron chi connectivity index (χ1n) is 7.41. The van der Waals surface area contributed by atoms with Gasteiger partial charge in [0.05, 0.1) is 11.4 Å². The van der Waals surface area contributed by atoms with Crippen molar-refractivity contribution in [2.24, 2.45) is 0 Å². The van der Waals surface area contributed by atoms with Gasteiger partial charge in [0.1, 0.15) is 0 Å². The third kappa shape index (κ3) is 5.50. The van der Waals surface area contributed by atoms with Gasteiger partial charge >= 0.3 is 6.03 Å². The van der Waals surface area contributed by atoms with Gasteiger partial charge in [0.25, 0.3) is 0 Å². The van der Waals surface area contributed by atoms with Crippen LogP contribution in [0.2, 0.25) is 0 Å². The number of urea groups is 1. The maximum Gasteiger partial charge on any atom is 0.321 e. The second-order valence-corrected chi connectivity index (χ2v) is 7.92. The summed E-state index contributed by atoms with van der Waals surface area (Å²) in [5, 5.41) is 7.52. The molecule has 0 aromatic heterocycles. The van der Waals surface area contributed by atoms with E-state index >= 15 is 0 Å². The predicted molar refractivity (Wildman–Crippen MR) is 92.4 cm³/mol. The van der Waals surface area contributed by atoms with E-state index in [2.05, 4.69) is 16.0 Å². The molecule has 3 amide bonds. The number of amides is 3. The maximum atomic E-state index is 12.3. The van der Waals surface area contributed by atoms with E-state index in [1.165, 1.54) is 20.2 Å². The Labute approximate surface area is 142 Å². The number of imide groups is 1. The van der Waals surface area contributed by atoms with Gasteiger partial charge in [0.15, 0.2) is 0 Å². The van der Waals surface area contributed by atoms with Crippen molar-refractivity contribution in [2.75, 3.05) is 26.0 Å². The van der Waals surface area contributed by atoms with E-state index in [0.717, 1.165) is 4.31 Å². The quantitative estimate of drug-likeness (QED) is 0.702. The van der Waals surface area contributed by atoms with Crippen molar-refractivity contribution in [1.29, 1.82) is 0 Å². The van der Waals surface area contributed by atoms with Crippen LogP contribution < -0.4 is 16.0 Å². The van der Waals surface area contributed by atoms with Crippen molar-refractivity contribution >= 4 is 27.6 Å². The molecular formula is C15H24N4O4S. The lowest BCUT2D eigenvalue weighted by molar-refractivity contribution is -0.118. The fourth-order valence-corrected chi connectivity index (χ4v) is 2.98. The molecule has 134 valence electrons. The fourth-order valence-electron chi connectivity index (χ4n) is 1.84. The third-order valence-electron chi connectivity index (χ3n) is 3.07. The molecule has 0 fully saturated rings. The molecule has 3 N–H and O–H groups in total. The number of nitrogens with zero attached hydrogens (tertiary/aromatic N) is 1. The number of carbonyl (C=O) groups is 2. The predicted octanol–water partition coefficient (Wildman–Crippen LogP) is 0.891. The molecule has 0 aliphatic carbocycles. The first kappa shape index (κ1) is 19.9. The number of sulfonamides is 1. The van der Waals surface area contributed by atoms with Crippen LogP contribution in [0.1, 0.15) is 19.4 Å². The highest BCUT2D eigenvalue weighted by molar-refractivity contribution is 7.89. The molecule has 0 saturated carbocycles. The molecular weight excluding hydrogens is 332 g/mol. The summed E-state index contributed by atoms with van der Waals surface area (Å²) < 4.78 is 25.6.